The van der Waals surface area contributed by atoms with Crippen LogP contribution in [0.4, 0.5) is 5.69 Å². The summed E-state index contributed by atoms with van der Waals surface area (Å²) in [5.74, 6) is 0.529. The minimum atomic E-state index is -0.330. The van der Waals surface area contributed by atoms with Crippen molar-refractivity contribution in [2.45, 2.75) is 6.61 Å². The maximum atomic E-state index is 12.2. The highest BCUT2D eigenvalue weighted by Crippen LogP contribution is 2.21. The van der Waals surface area contributed by atoms with Crippen molar-refractivity contribution in [1.29, 1.82) is 0 Å². The van der Waals surface area contributed by atoms with Crippen molar-refractivity contribution in [3.63, 3.8) is 0 Å². The van der Waals surface area contributed by atoms with Crippen molar-refractivity contribution in [2.24, 2.45) is 10.9 Å². The molecule has 0 aliphatic heterocycles. The topological polar surface area (TPSA) is 98.8 Å². The van der Waals surface area contributed by atoms with Crippen molar-refractivity contribution in [2.75, 3.05) is 11.9 Å². The quantitative estimate of drug-likeness (QED) is 0.220. The summed E-state index contributed by atoms with van der Waals surface area (Å²) >= 11 is 0. The molecule has 170 valence electrons. The Hall–Kier alpha value is -4.65. The van der Waals surface area contributed by atoms with Gasteiger partial charge in [0.2, 0.25) is 0 Å². The lowest BCUT2D eigenvalue weighted by atomic mass is 10.1. The highest BCUT2D eigenvalue weighted by molar-refractivity contribution is 5.97. The molecule has 3 N–H and O–H groups in total. The molecule has 0 atom stereocenters. The summed E-state index contributed by atoms with van der Waals surface area (Å²) in [7, 11) is 0. The molecule has 1 amide bonds. The van der Waals surface area contributed by atoms with Crippen LogP contribution in [0, 0.1) is 0 Å². The van der Waals surface area contributed by atoms with E-state index in [4.69, 9.17) is 15.3 Å². The summed E-state index contributed by atoms with van der Waals surface area (Å²) in [6, 6.07) is 28.5. The number of oxime groups is 1. The molecule has 7 nitrogen and oxygen atoms in total. The zero-order valence-corrected chi connectivity index (χ0v) is 18.4. The molecule has 4 rings (SSSR count). The van der Waals surface area contributed by atoms with Gasteiger partial charge in [0.05, 0.1) is 0 Å². The summed E-state index contributed by atoms with van der Waals surface area (Å²) in [5.41, 5.74) is 10.5. The van der Waals surface area contributed by atoms with E-state index in [2.05, 4.69) is 15.5 Å². The molecule has 34 heavy (non-hydrogen) atoms. The third kappa shape index (κ3) is 6.43. The second kappa shape index (κ2) is 11.3. The number of pyridine rings is 1. The zero-order valence-electron chi connectivity index (χ0n) is 18.4. The summed E-state index contributed by atoms with van der Waals surface area (Å²) in [6.07, 6.45) is 3.47. The average Bonchev–Trinajstić information content (AvgIpc) is 2.89. The molecule has 4 aromatic rings. The number of amidine groups is 1. The van der Waals surface area contributed by atoms with Crippen LogP contribution in [0.1, 0.15) is 11.1 Å². The first-order valence-electron chi connectivity index (χ1n) is 10.7. The molecule has 3 aromatic carbocycles. The number of nitrogens with one attached hydrogen (secondary N) is 1. The molecule has 0 saturated heterocycles. The first-order chi connectivity index (χ1) is 16.7. The van der Waals surface area contributed by atoms with Crippen LogP contribution in [0.15, 0.2) is 109 Å². The Bertz CT molecular complexity index is 1230. The largest absolute Gasteiger partial charge is 0.489 e. The van der Waals surface area contributed by atoms with Crippen molar-refractivity contribution < 1.29 is 14.4 Å². The third-order valence-corrected chi connectivity index (χ3v) is 4.91. The van der Waals surface area contributed by atoms with E-state index in [-0.39, 0.29) is 18.3 Å². The number of hydrogen-bond donors (Lipinski definition) is 2. The zero-order chi connectivity index (χ0) is 23.6. The van der Waals surface area contributed by atoms with Gasteiger partial charge >= 0.3 is 0 Å². The highest BCUT2D eigenvalue weighted by Gasteiger charge is 2.05. The van der Waals surface area contributed by atoms with Gasteiger partial charge in [0.15, 0.2) is 12.4 Å². The van der Waals surface area contributed by atoms with Gasteiger partial charge in [-0.05, 0) is 53.6 Å². The molecule has 0 fully saturated rings. The number of amides is 1. The predicted molar refractivity (Wildman–Crippen MR) is 132 cm³/mol. The first-order valence-corrected chi connectivity index (χ1v) is 10.7. The van der Waals surface area contributed by atoms with Gasteiger partial charge in [-0.3, -0.25) is 9.78 Å². The normalized spacial score (nSPS) is 11.0. The molecular weight excluding hydrogens is 428 g/mol. The molecule has 0 unspecified atom stereocenters. The Kier molecular flexibility index (Phi) is 7.48. The Morgan fingerprint density at radius 3 is 2.32 bits per heavy atom. The molecule has 0 saturated carbocycles. The van der Waals surface area contributed by atoms with E-state index in [1.165, 1.54) is 0 Å². The second-order valence-electron chi connectivity index (χ2n) is 7.42. The van der Waals surface area contributed by atoms with Crippen LogP contribution in [-0.2, 0) is 16.2 Å². The average molecular weight is 453 g/mol. The monoisotopic (exact) mass is 452 g/mol. The van der Waals surface area contributed by atoms with Crippen LogP contribution in [0.5, 0.6) is 5.75 Å². The number of nitrogens with two attached hydrogens (primary N) is 1. The van der Waals surface area contributed by atoms with Gasteiger partial charge in [-0.25, -0.2) is 0 Å². The molecule has 0 aliphatic carbocycles. The Morgan fingerprint density at radius 1 is 0.882 bits per heavy atom. The molecule has 0 radical (unpaired) electrons. The summed E-state index contributed by atoms with van der Waals surface area (Å²) in [4.78, 5) is 21.3. The fraction of sp³-hybridized carbons (Fsp3) is 0.0741. The maximum Gasteiger partial charge on any atom is 0.265 e. The highest BCUT2D eigenvalue weighted by atomic mass is 16.6. The van der Waals surface area contributed by atoms with E-state index in [9.17, 15) is 4.79 Å². The number of ether oxygens (including phenoxy) is 1. The van der Waals surface area contributed by atoms with Crippen LogP contribution >= 0.6 is 0 Å². The molecule has 0 aliphatic rings. The predicted octanol–water partition coefficient (Wildman–Crippen LogP) is 4.60. The smallest absolute Gasteiger partial charge is 0.265 e. The number of benzene rings is 3. The number of aromatic nitrogens is 1. The molecule has 1 heterocycles. The lowest BCUT2D eigenvalue weighted by Gasteiger charge is -2.08. The van der Waals surface area contributed by atoms with Gasteiger partial charge in [-0.15, -0.1) is 0 Å². The van der Waals surface area contributed by atoms with Gasteiger partial charge in [-0.1, -0.05) is 53.7 Å². The van der Waals surface area contributed by atoms with Gasteiger partial charge in [-0.2, -0.15) is 0 Å². The number of hydrogen-bond acceptors (Lipinski definition) is 5. The standard InChI is InChI=1S/C27H24N4O3/c28-27(23-10-14-25(15-11-23)33-18-20-5-4-16-29-17-20)31-34-19-26(32)30-24-12-8-22(9-13-24)21-6-2-1-3-7-21/h1-17H,18-19H2,(H2,28,31)(H,30,32). The van der Waals surface area contributed by atoms with E-state index in [1.807, 2.05) is 66.7 Å². The summed E-state index contributed by atoms with van der Waals surface area (Å²) < 4.78 is 5.72. The first kappa shape index (κ1) is 22.5. The Morgan fingerprint density at radius 2 is 1.62 bits per heavy atom. The van der Waals surface area contributed by atoms with E-state index < -0.39 is 0 Å². The SMILES string of the molecule is N/C(=N/OCC(=O)Nc1ccc(-c2ccccc2)cc1)c1ccc(OCc2cccnc2)cc1. The van der Waals surface area contributed by atoms with Crippen LogP contribution in [0.25, 0.3) is 11.1 Å². The number of rotatable bonds is 9. The van der Waals surface area contributed by atoms with Gasteiger partial charge < -0.3 is 20.6 Å². The second-order valence-corrected chi connectivity index (χ2v) is 7.42. The Labute approximate surface area is 197 Å². The molecule has 0 spiro atoms. The number of carbonyl (C=O) groups excluding carboxylic acids is 1. The lowest BCUT2D eigenvalue weighted by molar-refractivity contribution is -0.120. The van der Waals surface area contributed by atoms with Crippen molar-refractivity contribution in [1.82, 2.24) is 4.98 Å². The summed E-state index contributed by atoms with van der Waals surface area (Å²) in [5, 5.41) is 6.61. The van der Waals surface area contributed by atoms with Crippen molar-refractivity contribution in [3.8, 4) is 16.9 Å². The van der Waals surface area contributed by atoms with Gasteiger partial charge in [0, 0.05) is 29.2 Å². The maximum absolute atomic E-state index is 12.2. The molecule has 1 aromatic heterocycles. The van der Waals surface area contributed by atoms with Crippen LogP contribution < -0.4 is 15.8 Å². The van der Waals surface area contributed by atoms with E-state index in [1.54, 1.807) is 36.7 Å². The van der Waals surface area contributed by atoms with E-state index in [0.717, 1.165) is 16.7 Å². The lowest BCUT2D eigenvalue weighted by Crippen LogP contribution is -2.19. The molecule has 0 bridgehead atoms. The fourth-order valence-electron chi connectivity index (χ4n) is 3.16. The van der Waals surface area contributed by atoms with Crippen LogP contribution in [-0.4, -0.2) is 23.3 Å². The van der Waals surface area contributed by atoms with E-state index >= 15 is 0 Å². The molecular formula is C27H24N4O3. The molecule has 7 heteroatoms. The van der Waals surface area contributed by atoms with Crippen molar-refractivity contribution >= 4 is 17.4 Å². The van der Waals surface area contributed by atoms with Gasteiger partial charge in [0.1, 0.15) is 12.4 Å². The third-order valence-electron chi connectivity index (χ3n) is 4.91. The number of anilines is 1. The van der Waals surface area contributed by atoms with Crippen LogP contribution in [0.3, 0.4) is 0 Å². The Balaban J connectivity index is 1.23. The van der Waals surface area contributed by atoms with Gasteiger partial charge in [0.25, 0.3) is 5.91 Å². The van der Waals surface area contributed by atoms with Crippen LogP contribution in [0.2, 0.25) is 0 Å². The number of nitrogens with zero attached hydrogens (tertiary/aromatic N) is 2. The van der Waals surface area contributed by atoms with E-state index in [0.29, 0.717) is 23.6 Å². The minimum absolute atomic E-state index is 0.166. The number of carbonyl (C=O) groups is 1. The van der Waals surface area contributed by atoms with Crippen molar-refractivity contribution in [3.05, 3.63) is 115 Å². The minimum Gasteiger partial charge on any atom is -0.489 e. The fourth-order valence-corrected chi connectivity index (χ4v) is 3.16. The summed E-state index contributed by atoms with van der Waals surface area (Å²) in [6.45, 7) is 0.164.